The monoisotopic (exact) mass is 274 g/mol. The van der Waals surface area contributed by atoms with E-state index in [-0.39, 0.29) is 6.04 Å². The number of benzene rings is 1. The summed E-state index contributed by atoms with van der Waals surface area (Å²) in [5.74, 6) is 0. The molecule has 0 bridgehead atoms. The number of nitrogens with one attached hydrogen (secondary N) is 1. The van der Waals surface area contributed by atoms with Crippen LogP contribution in [0.1, 0.15) is 24.4 Å². The van der Waals surface area contributed by atoms with E-state index < -0.39 is 0 Å². The van der Waals surface area contributed by atoms with Crippen molar-refractivity contribution < 1.29 is 4.42 Å². The molecule has 0 amide bonds. The van der Waals surface area contributed by atoms with Gasteiger partial charge in [-0.3, -0.25) is 0 Å². The Balaban J connectivity index is 1.88. The molecule has 0 radical (unpaired) electrons. The summed E-state index contributed by atoms with van der Waals surface area (Å²) < 4.78 is 5.65. The number of thiazole rings is 1. The third kappa shape index (κ3) is 2.39. The van der Waals surface area contributed by atoms with Gasteiger partial charge in [-0.1, -0.05) is 6.92 Å². The lowest BCUT2D eigenvalue weighted by Crippen LogP contribution is -2.09. The fourth-order valence-electron chi connectivity index (χ4n) is 1.90. The standard InChI is InChI=1S/C13H14N4OS/c1-2-9(12-15-5-6-19-12)16-13-17-10-4-3-8(14)7-11(10)18-13/h3-7,9H,2,14H2,1H3,(H,16,17). The molecule has 0 spiro atoms. The Bertz CT molecular complexity index is 677. The van der Waals surface area contributed by atoms with Crippen molar-refractivity contribution in [3.8, 4) is 0 Å². The highest BCUT2D eigenvalue weighted by Crippen LogP contribution is 2.26. The molecule has 3 aromatic rings. The second kappa shape index (κ2) is 4.89. The maximum Gasteiger partial charge on any atom is 0.296 e. The van der Waals surface area contributed by atoms with E-state index in [1.165, 1.54) is 0 Å². The smallest absolute Gasteiger partial charge is 0.296 e. The minimum Gasteiger partial charge on any atom is -0.423 e. The van der Waals surface area contributed by atoms with Crippen molar-refractivity contribution in [1.29, 1.82) is 0 Å². The molecule has 3 N–H and O–H groups in total. The molecule has 0 saturated carbocycles. The predicted molar refractivity (Wildman–Crippen MR) is 77.2 cm³/mol. The van der Waals surface area contributed by atoms with Crippen LogP contribution < -0.4 is 11.1 Å². The van der Waals surface area contributed by atoms with E-state index in [0.717, 1.165) is 16.9 Å². The molecule has 0 aliphatic heterocycles. The zero-order valence-electron chi connectivity index (χ0n) is 10.5. The number of hydrogen-bond acceptors (Lipinski definition) is 6. The van der Waals surface area contributed by atoms with E-state index >= 15 is 0 Å². The van der Waals surface area contributed by atoms with Crippen LogP contribution in [-0.4, -0.2) is 9.97 Å². The number of anilines is 2. The summed E-state index contributed by atoms with van der Waals surface area (Å²) in [5, 5.41) is 6.27. The molecule has 0 fully saturated rings. The van der Waals surface area contributed by atoms with E-state index in [4.69, 9.17) is 10.2 Å². The molecule has 98 valence electrons. The first-order valence-electron chi connectivity index (χ1n) is 6.08. The van der Waals surface area contributed by atoms with E-state index in [1.807, 2.05) is 17.5 Å². The fourth-order valence-corrected chi connectivity index (χ4v) is 2.67. The van der Waals surface area contributed by atoms with Gasteiger partial charge < -0.3 is 15.5 Å². The Morgan fingerprint density at radius 3 is 3.11 bits per heavy atom. The molecule has 0 aliphatic carbocycles. The molecular weight excluding hydrogens is 260 g/mol. The van der Waals surface area contributed by atoms with Gasteiger partial charge in [0, 0.05) is 23.3 Å². The molecule has 1 aromatic carbocycles. The first-order valence-corrected chi connectivity index (χ1v) is 6.96. The van der Waals surface area contributed by atoms with Crippen LogP contribution in [0.3, 0.4) is 0 Å². The lowest BCUT2D eigenvalue weighted by Gasteiger charge is -2.11. The molecule has 1 unspecified atom stereocenters. The van der Waals surface area contributed by atoms with Gasteiger partial charge in [0.25, 0.3) is 6.01 Å². The van der Waals surface area contributed by atoms with Crippen molar-refractivity contribution in [2.45, 2.75) is 19.4 Å². The van der Waals surface area contributed by atoms with Gasteiger partial charge in [0.05, 0.1) is 6.04 Å². The van der Waals surface area contributed by atoms with Crippen LogP contribution in [0, 0.1) is 0 Å². The molecular formula is C13H14N4OS. The summed E-state index contributed by atoms with van der Waals surface area (Å²) in [5.41, 5.74) is 7.88. The first-order chi connectivity index (χ1) is 9.26. The van der Waals surface area contributed by atoms with Gasteiger partial charge in [-0.2, -0.15) is 4.98 Å². The molecule has 6 heteroatoms. The minimum absolute atomic E-state index is 0.116. The fraction of sp³-hybridized carbons (Fsp3) is 0.231. The van der Waals surface area contributed by atoms with Crippen LogP contribution in [0.4, 0.5) is 11.7 Å². The number of rotatable bonds is 4. The van der Waals surface area contributed by atoms with Crippen molar-refractivity contribution in [2.24, 2.45) is 0 Å². The molecule has 2 heterocycles. The summed E-state index contributed by atoms with van der Waals surface area (Å²) in [4.78, 5) is 8.71. The summed E-state index contributed by atoms with van der Waals surface area (Å²) in [6.07, 6.45) is 2.71. The van der Waals surface area contributed by atoms with E-state index in [2.05, 4.69) is 22.2 Å². The van der Waals surface area contributed by atoms with Crippen molar-refractivity contribution in [2.75, 3.05) is 11.1 Å². The van der Waals surface area contributed by atoms with E-state index in [1.54, 1.807) is 23.6 Å². The molecule has 2 aromatic heterocycles. The van der Waals surface area contributed by atoms with Crippen molar-refractivity contribution in [1.82, 2.24) is 9.97 Å². The van der Waals surface area contributed by atoms with Crippen LogP contribution in [0.5, 0.6) is 0 Å². The summed E-state index contributed by atoms with van der Waals surface area (Å²) in [7, 11) is 0. The van der Waals surface area contributed by atoms with Gasteiger partial charge in [0.1, 0.15) is 10.5 Å². The Hall–Kier alpha value is -2.08. The summed E-state index contributed by atoms with van der Waals surface area (Å²) >= 11 is 1.62. The van der Waals surface area contributed by atoms with Gasteiger partial charge in [-0.05, 0) is 18.6 Å². The Labute approximate surface area is 114 Å². The molecule has 1 atom stereocenters. The second-order valence-electron chi connectivity index (χ2n) is 4.22. The zero-order chi connectivity index (χ0) is 13.2. The lowest BCUT2D eigenvalue weighted by atomic mass is 10.2. The van der Waals surface area contributed by atoms with Crippen LogP contribution in [0.2, 0.25) is 0 Å². The average Bonchev–Trinajstić information content (AvgIpc) is 3.04. The largest absolute Gasteiger partial charge is 0.423 e. The highest BCUT2D eigenvalue weighted by molar-refractivity contribution is 7.09. The molecule has 0 aliphatic rings. The molecule has 0 saturated heterocycles. The van der Waals surface area contributed by atoms with Gasteiger partial charge in [0.2, 0.25) is 0 Å². The SMILES string of the molecule is CCC(Nc1nc2ccc(N)cc2o1)c1nccs1. The van der Waals surface area contributed by atoms with Crippen LogP contribution in [0.25, 0.3) is 11.1 Å². The normalized spacial score (nSPS) is 12.7. The van der Waals surface area contributed by atoms with Crippen LogP contribution in [-0.2, 0) is 0 Å². The summed E-state index contributed by atoms with van der Waals surface area (Å²) in [6, 6.07) is 6.06. The number of oxazole rings is 1. The zero-order valence-corrected chi connectivity index (χ0v) is 11.3. The molecule has 19 heavy (non-hydrogen) atoms. The lowest BCUT2D eigenvalue weighted by molar-refractivity contribution is 0.592. The van der Waals surface area contributed by atoms with Crippen LogP contribution >= 0.6 is 11.3 Å². The number of hydrogen-bond donors (Lipinski definition) is 2. The van der Waals surface area contributed by atoms with Gasteiger partial charge in [-0.15, -0.1) is 11.3 Å². The minimum atomic E-state index is 0.116. The van der Waals surface area contributed by atoms with Crippen molar-refractivity contribution in [3.63, 3.8) is 0 Å². The highest BCUT2D eigenvalue weighted by Gasteiger charge is 2.15. The van der Waals surface area contributed by atoms with Gasteiger partial charge >= 0.3 is 0 Å². The van der Waals surface area contributed by atoms with Crippen molar-refractivity contribution in [3.05, 3.63) is 34.8 Å². The number of nitrogens with zero attached hydrogens (tertiary/aromatic N) is 2. The quantitative estimate of drug-likeness (QED) is 0.713. The van der Waals surface area contributed by atoms with Crippen molar-refractivity contribution >= 4 is 34.1 Å². The van der Waals surface area contributed by atoms with Gasteiger partial charge in [-0.25, -0.2) is 4.98 Å². The number of nitrogen functional groups attached to an aromatic ring is 1. The molecule has 5 nitrogen and oxygen atoms in total. The Morgan fingerprint density at radius 2 is 2.37 bits per heavy atom. The Morgan fingerprint density at radius 1 is 1.47 bits per heavy atom. The van der Waals surface area contributed by atoms with E-state index in [9.17, 15) is 0 Å². The first kappa shape index (κ1) is 12.0. The number of fused-ring (bicyclic) bond motifs is 1. The number of nitrogens with two attached hydrogens (primary N) is 1. The maximum atomic E-state index is 5.72. The highest BCUT2D eigenvalue weighted by atomic mass is 32.1. The summed E-state index contributed by atoms with van der Waals surface area (Å²) in [6.45, 7) is 2.10. The van der Waals surface area contributed by atoms with E-state index in [0.29, 0.717) is 17.3 Å². The third-order valence-electron chi connectivity index (χ3n) is 2.87. The third-order valence-corrected chi connectivity index (χ3v) is 3.76. The van der Waals surface area contributed by atoms with Crippen LogP contribution in [0.15, 0.2) is 34.2 Å². The number of aromatic nitrogens is 2. The maximum absolute atomic E-state index is 5.72. The Kier molecular flexibility index (Phi) is 3.08. The topological polar surface area (TPSA) is 77.0 Å². The predicted octanol–water partition coefficient (Wildman–Crippen LogP) is 3.43. The average molecular weight is 274 g/mol. The molecule has 3 rings (SSSR count). The second-order valence-corrected chi connectivity index (χ2v) is 5.15. The van der Waals surface area contributed by atoms with Gasteiger partial charge in [0.15, 0.2) is 5.58 Å².